The molecular formula is C12H14ClNO4. The van der Waals surface area contributed by atoms with Gasteiger partial charge in [-0.05, 0) is 24.6 Å². The molecular weight excluding hydrogens is 258 g/mol. The van der Waals surface area contributed by atoms with E-state index in [4.69, 9.17) is 31.5 Å². The lowest BCUT2D eigenvalue weighted by Crippen LogP contribution is -2.24. The lowest BCUT2D eigenvalue weighted by atomic mass is 10.1. The molecule has 0 aromatic heterocycles. The maximum absolute atomic E-state index is 11.6. The van der Waals surface area contributed by atoms with Crippen LogP contribution in [0.25, 0.3) is 0 Å². The first-order valence-corrected chi connectivity index (χ1v) is 6.02. The number of fused-ring (bicyclic) bond motifs is 1. The SMILES string of the molecule is CCOC(=O)C(N)c1cc(Cl)c2c(c1)OCCO2. The summed E-state index contributed by atoms with van der Waals surface area (Å²) in [4.78, 5) is 11.6. The largest absolute Gasteiger partial charge is 0.486 e. The van der Waals surface area contributed by atoms with E-state index < -0.39 is 12.0 Å². The van der Waals surface area contributed by atoms with Crippen molar-refractivity contribution in [2.45, 2.75) is 13.0 Å². The third kappa shape index (κ3) is 2.52. The summed E-state index contributed by atoms with van der Waals surface area (Å²) in [5, 5.41) is 0.377. The highest BCUT2D eigenvalue weighted by atomic mass is 35.5. The standard InChI is InChI=1S/C12H14ClNO4/c1-2-16-12(15)10(14)7-5-8(13)11-9(6-7)17-3-4-18-11/h5-6,10H,2-4,14H2,1H3. The second-order valence-electron chi connectivity index (χ2n) is 3.76. The van der Waals surface area contributed by atoms with Crippen LogP contribution < -0.4 is 15.2 Å². The van der Waals surface area contributed by atoms with Crippen LogP contribution >= 0.6 is 11.6 Å². The zero-order chi connectivity index (χ0) is 13.1. The van der Waals surface area contributed by atoms with Crippen molar-refractivity contribution in [2.75, 3.05) is 19.8 Å². The molecule has 1 aromatic rings. The van der Waals surface area contributed by atoms with Gasteiger partial charge in [0.15, 0.2) is 11.5 Å². The van der Waals surface area contributed by atoms with Crippen LogP contribution in [0.1, 0.15) is 18.5 Å². The molecule has 1 unspecified atom stereocenters. The predicted molar refractivity (Wildman–Crippen MR) is 66.0 cm³/mol. The van der Waals surface area contributed by atoms with E-state index in [0.29, 0.717) is 35.3 Å². The molecule has 6 heteroatoms. The smallest absolute Gasteiger partial charge is 0.327 e. The third-order valence-electron chi connectivity index (χ3n) is 2.52. The van der Waals surface area contributed by atoms with Gasteiger partial charge in [-0.2, -0.15) is 0 Å². The van der Waals surface area contributed by atoms with Crippen LogP contribution in [0.15, 0.2) is 12.1 Å². The highest BCUT2D eigenvalue weighted by Gasteiger charge is 2.23. The third-order valence-corrected chi connectivity index (χ3v) is 2.80. The van der Waals surface area contributed by atoms with Crippen molar-refractivity contribution >= 4 is 17.6 Å². The molecule has 0 radical (unpaired) electrons. The summed E-state index contributed by atoms with van der Waals surface area (Å²) in [6.07, 6.45) is 0. The molecule has 1 aliphatic rings. The van der Waals surface area contributed by atoms with Crippen LogP contribution in [0.4, 0.5) is 0 Å². The Balaban J connectivity index is 2.29. The normalized spacial score (nSPS) is 15.1. The summed E-state index contributed by atoms with van der Waals surface area (Å²) >= 11 is 6.06. The Morgan fingerprint density at radius 1 is 1.50 bits per heavy atom. The van der Waals surface area contributed by atoms with E-state index in [1.165, 1.54) is 0 Å². The summed E-state index contributed by atoms with van der Waals surface area (Å²) in [5.74, 6) is 0.497. The first kappa shape index (κ1) is 13.0. The second kappa shape index (κ2) is 5.46. The first-order valence-electron chi connectivity index (χ1n) is 5.64. The molecule has 18 heavy (non-hydrogen) atoms. The lowest BCUT2D eigenvalue weighted by molar-refractivity contribution is -0.144. The lowest BCUT2D eigenvalue weighted by Gasteiger charge is -2.21. The Hall–Kier alpha value is -1.46. The molecule has 98 valence electrons. The first-order chi connectivity index (χ1) is 8.63. The number of carbonyl (C=O) groups excluding carboxylic acids is 1. The van der Waals surface area contributed by atoms with Crippen molar-refractivity contribution in [1.82, 2.24) is 0 Å². The highest BCUT2D eigenvalue weighted by Crippen LogP contribution is 2.39. The fourth-order valence-electron chi connectivity index (χ4n) is 1.68. The van der Waals surface area contributed by atoms with Crippen molar-refractivity contribution < 1.29 is 19.0 Å². The van der Waals surface area contributed by atoms with Gasteiger partial charge in [-0.25, -0.2) is 4.79 Å². The van der Waals surface area contributed by atoms with E-state index in [0.717, 1.165) is 0 Å². The second-order valence-corrected chi connectivity index (χ2v) is 4.16. The van der Waals surface area contributed by atoms with E-state index in [9.17, 15) is 4.79 Å². The van der Waals surface area contributed by atoms with Gasteiger partial charge in [0.1, 0.15) is 19.3 Å². The highest BCUT2D eigenvalue weighted by molar-refractivity contribution is 6.32. The molecule has 0 spiro atoms. The topological polar surface area (TPSA) is 70.8 Å². The summed E-state index contributed by atoms with van der Waals surface area (Å²) < 4.78 is 15.7. The van der Waals surface area contributed by atoms with Gasteiger partial charge in [0.2, 0.25) is 0 Å². The quantitative estimate of drug-likeness (QED) is 0.847. The summed E-state index contributed by atoms with van der Waals surface area (Å²) in [6.45, 7) is 2.91. The molecule has 1 aromatic carbocycles. The van der Waals surface area contributed by atoms with Gasteiger partial charge in [0.25, 0.3) is 0 Å². The van der Waals surface area contributed by atoms with Crippen LogP contribution in [0.5, 0.6) is 11.5 Å². The van der Waals surface area contributed by atoms with Gasteiger partial charge >= 0.3 is 5.97 Å². The molecule has 1 atom stereocenters. The Labute approximate surface area is 110 Å². The zero-order valence-electron chi connectivity index (χ0n) is 9.94. The molecule has 1 heterocycles. The average molecular weight is 272 g/mol. The Morgan fingerprint density at radius 2 is 2.22 bits per heavy atom. The van der Waals surface area contributed by atoms with E-state index in [2.05, 4.69) is 0 Å². The van der Waals surface area contributed by atoms with Gasteiger partial charge in [0, 0.05) is 0 Å². The van der Waals surface area contributed by atoms with E-state index >= 15 is 0 Å². The molecule has 0 amide bonds. The number of esters is 1. The molecule has 2 N–H and O–H groups in total. The molecule has 0 saturated heterocycles. The molecule has 2 rings (SSSR count). The van der Waals surface area contributed by atoms with E-state index in [-0.39, 0.29) is 6.61 Å². The zero-order valence-corrected chi connectivity index (χ0v) is 10.7. The number of ether oxygens (including phenoxy) is 3. The number of rotatable bonds is 3. The van der Waals surface area contributed by atoms with Crippen LogP contribution in [0.2, 0.25) is 5.02 Å². The molecule has 5 nitrogen and oxygen atoms in total. The molecule has 0 fully saturated rings. The number of hydrogen-bond donors (Lipinski definition) is 1. The van der Waals surface area contributed by atoms with Crippen molar-refractivity contribution in [3.8, 4) is 11.5 Å². The summed E-state index contributed by atoms with van der Waals surface area (Å²) in [7, 11) is 0. The molecule has 1 aliphatic heterocycles. The number of nitrogens with two attached hydrogens (primary N) is 1. The Kier molecular flexibility index (Phi) is 3.93. The van der Waals surface area contributed by atoms with Crippen molar-refractivity contribution in [3.63, 3.8) is 0 Å². The number of halogens is 1. The van der Waals surface area contributed by atoms with E-state index in [1.807, 2.05) is 0 Å². The maximum atomic E-state index is 11.6. The Bertz CT molecular complexity index is 464. The van der Waals surface area contributed by atoms with Gasteiger partial charge in [0.05, 0.1) is 11.6 Å². The minimum atomic E-state index is -0.877. The average Bonchev–Trinajstić information content (AvgIpc) is 2.38. The Morgan fingerprint density at radius 3 is 2.94 bits per heavy atom. The molecule has 0 saturated carbocycles. The predicted octanol–water partition coefficient (Wildman–Crippen LogP) is 1.67. The molecule has 0 aliphatic carbocycles. The van der Waals surface area contributed by atoms with Gasteiger partial charge in [-0.15, -0.1) is 0 Å². The van der Waals surface area contributed by atoms with Crippen LogP contribution in [0.3, 0.4) is 0 Å². The van der Waals surface area contributed by atoms with Gasteiger partial charge < -0.3 is 19.9 Å². The fraction of sp³-hybridized carbons (Fsp3) is 0.417. The van der Waals surface area contributed by atoms with Crippen LogP contribution in [-0.2, 0) is 9.53 Å². The minimum absolute atomic E-state index is 0.283. The van der Waals surface area contributed by atoms with Crippen molar-refractivity contribution in [1.29, 1.82) is 0 Å². The number of benzene rings is 1. The van der Waals surface area contributed by atoms with E-state index in [1.54, 1.807) is 19.1 Å². The van der Waals surface area contributed by atoms with Gasteiger partial charge in [-0.3, -0.25) is 0 Å². The summed E-state index contributed by atoms with van der Waals surface area (Å²) in [6, 6.07) is 2.37. The summed E-state index contributed by atoms with van der Waals surface area (Å²) in [5.41, 5.74) is 6.34. The maximum Gasteiger partial charge on any atom is 0.327 e. The van der Waals surface area contributed by atoms with Crippen LogP contribution in [0, 0.1) is 0 Å². The van der Waals surface area contributed by atoms with Gasteiger partial charge in [-0.1, -0.05) is 11.6 Å². The monoisotopic (exact) mass is 271 g/mol. The van der Waals surface area contributed by atoms with Crippen molar-refractivity contribution in [3.05, 3.63) is 22.7 Å². The number of carbonyl (C=O) groups is 1. The minimum Gasteiger partial charge on any atom is -0.486 e. The number of hydrogen-bond acceptors (Lipinski definition) is 5. The molecule has 0 bridgehead atoms. The van der Waals surface area contributed by atoms with Crippen LogP contribution in [-0.4, -0.2) is 25.8 Å². The fourth-order valence-corrected chi connectivity index (χ4v) is 1.95. The van der Waals surface area contributed by atoms with Crippen molar-refractivity contribution in [2.24, 2.45) is 5.73 Å².